The monoisotopic (exact) mass is 605 g/mol. The largest absolute Gasteiger partial charge is 0.393 e. The Labute approximate surface area is 272 Å². The second kappa shape index (κ2) is 11.7. The first-order valence-electron chi connectivity index (χ1n) is 17.5. The van der Waals surface area contributed by atoms with Gasteiger partial charge in [-0.1, -0.05) is 109 Å². The van der Waals surface area contributed by atoms with Crippen molar-refractivity contribution >= 4 is 11.3 Å². The van der Waals surface area contributed by atoms with Gasteiger partial charge in [0.15, 0.2) is 5.72 Å². The van der Waals surface area contributed by atoms with Crippen molar-refractivity contribution in [2.45, 2.75) is 124 Å². The first-order chi connectivity index (χ1) is 21.2. The molecule has 0 saturated heterocycles. The molecule has 0 saturated carbocycles. The summed E-state index contributed by atoms with van der Waals surface area (Å²) in [7, 11) is 0. The number of nitrogens with zero attached hydrogens (tertiary/aromatic N) is 1. The SMILES string of the molecule is Cc1ccc2c(c1)C1C=C(CC(C)C)c3cc4c(cc3N1[C@]2(C)OC(CC(C)C)CC(O)CC(C)C)C(C)(C)c1ccccc1-4. The molecule has 1 aliphatic carbocycles. The van der Waals surface area contributed by atoms with Crippen LogP contribution in [0.25, 0.3) is 16.7 Å². The summed E-state index contributed by atoms with van der Waals surface area (Å²) < 4.78 is 7.44. The van der Waals surface area contributed by atoms with Crippen molar-refractivity contribution in [3.8, 4) is 11.1 Å². The maximum atomic E-state index is 11.1. The zero-order valence-corrected chi connectivity index (χ0v) is 29.4. The summed E-state index contributed by atoms with van der Waals surface area (Å²) in [5.74, 6) is 1.46. The molecule has 3 aromatic rings. The Morgan fingerprint density at radius 2 is 1.47 bits per heavy atom. The molecule has 0 radical (unpaired) electrons. The Morgan fingerprint density at radius 3 is 2.16 bits per heavy atom. The maximum Gasteiger partial charge on any atom is 0.166 e. The average Bonchev–Trinajstić information content (AvgIpc) is 3.31. The van der Waals surface area contributed by atoms with E-state index in [-0.39, 0.29) is 23.7 Å². The number of aliphatic hydroxyl groups is 1. The second-order valence-electron chi connectivity index (χ2n) is 16.2. The van der Waals surface area contributed by atoms with Gasteiger partial charge in [0.25, 0.3) is 0 Å². The van der Waals surface area contributed by atoms with Crippen molar-refractivity contribution in [1.82, 2.24) is 0 Å². The van der Waals surface area contributed by atoms with Crippen molar-refractivity contribution in [1.29, 1.82) is 0 Å². The fraction of sp³-hybridized carbons (Fsp3) is 0.524. The van der Waals surface area contributed by atoms with Gasteiger partial charge in [0.05, 0.1) is 18.2 Å². The molecule has 0 bridgehead atoms. The molecule has 6 rings (SSSR count). The third-order valence-electron chi connectivity index (χ3n) is 10.5. The molecule has 4 atom stereocenters. The Morgan fingerprint density at radius 1 is 0.756 bits per heavy atom. The molecular weight excluding hydrogens is 550 g/mol. The van der Waals surface area contributed by atoms with E-state index in [1.165, 1.54) is 55.8 Å². The first kappa shape index (κ1) is 32.1. The van der Waals surface area contributed by atoms with Crippen LogP contribution in [0.4, 0.5) is 5.69 Å². The number of benzene rings is 3. The van der Waals surface area contributed by atoms with Crippen LogP contribution in [0.5, 0.6) is 0 Å². The minimum Gasteiger partial charge on any atom is -0.393 e. The number of allylic oxidation sites excluding steroid dienone is 1. The van der Waals surface area contributed by atoms with Crippen LogP contribution in [0.1, 0.15) is 127 Å². The molecule has 3 heteroatoms. The molecule has 2 aliphatic heterocycles. The van der Waals surface area contributed by atoms with Crippen molar-refractivity contribution in [3.63, 3.8) is 0 Å². The van der Waals surface area contributed by atoms with Crippen molar-refractivity contribution in [2.75, 3.05) is 4.90 Å². The molecule has 3 aromatic carbocycles. The van der Waals surface area contributed by atoms with Crippen LogP contribution in [0.2, 0.25) is 0 Å². The quantitative estimate of drug-likeness (QED) is 0.250. The van der Waals surface area contributed by atoms with Crippen molar-refractivity contribution < 1.29 is 9.84 Å². The van der Waals surface area contributed by atoms with E-state index in [9.17, 15) is 5.11 Å². The number of ether oxygens (including phenoxy) is 1. The highest BCUT2D eigenvalue weighted by atomic mass is 16.5. The lowest BCUT2D eigenvalue weighted by Crippen LogP contribution is -2.47. The Hall–Kier alpha value is -2.88. The Kier molecular flexibility index (Phi) is 8.36. The van der Waals surface area contributed by atoms with Gasteiger partial charge in [-0.25, -0.2) is 0 Å². The molecule has 0 amide bonds. The number of aliphatic hydroxyl groups excluding tert-OH is 1. The van der Waals surface area contributed by atoms with Gasteiger partial charge in [-0.05, 0) is 103 Å². The Bertz CT molecular complexity index is 1610. The lowest BCUT2D eigenvalue weighted by Gasteiger charge is -2.46. The van der Waals surface area contributed by atoms with Crippen molar-refractivity contribution in [3.05, 3.63) is 94.1 Å². The highest BCUT2D eigenvalue weighted by Gasteiger charge is 2.52. The van der Waals surface area contributed by atoms with E-state index in [0.717, 1.165) is 19.3 Å². The molecule has 2 heterocycles. The van der Waals surface area contributed by atoms with Gasteiger partial charge >= 0.3 is 0 Å². The van der Waals surface area contributed by atoms with Crippen LogP contribution in [0.15, 0.2) is 60.7 Å². The fourth-order valence-corrected chi connectivity index (χ4v) is 8.63. The Balaban J connectivity index is 1.54. The van der Waals surface area contributed by atoms with Crippen LogP contribution in [-0.4, -0.2) is 17.3 Å². The van der Waals surface area contributed by atoms with E-state index in [2.05, 4.69) is 135 Å². The predicted octanol–water partition coefficient (Wildman–Crippen LogP) is 10.7. The lowest BCUT2D eigenvalue weighted by molar-refractivity contribution is -0.107. The number of hydrogen-bond acceptors (Lipinski definition) is 3. The highest BCUT2D eigenvalue weighted by molar-refractivity contribution is 5.91. The zero-order valence-electron chi connectivity index (χ0n) is 29.4. The molecule has 240 valence electrons. The normalized spacial score (nSPS) is 22.2. The van der Waals surface area contributed by atoms with Gasteiger partial charge in [-0.2, -0.15) is 0 Å². The highest BCUT2D eigenvalue weighted by Crippen LogP contribution is 2.59. The summed E-state index contributed by atoms with van der Waals surface area (Å²) in [6.07, 6.45) is 5.51. The maximum absolute atomic E-state index is 11.1. The molecule has 0 aromatic heterocycles. The van der Waals surface area contributed by atoms with Crippen LogP contribution >= 0.6 is 0 Å². The summed E-state index contributed by atoms with van der Waals surface area (Å²) in [5, 5.41) is 11.1. The second-order valence-corrected chi connectivity index (χ2v) is 16.2. The molecule has 3 nitrogen and oxygen atoms in total. The average molecular weight is 606 g/mol. The van der Waals surface area contributed by atoms with E-state index in [0.29, 0.717) is 24.2 Å². The van der Waals surface area contributed by atoms with E-state index < -0.39 is 5.72 Å². The van der Waals surface area contributed by atoms with Crippen LogP contribution in [0.3, 0.4) is 0 Å². The van der Waals surface area contributed by atoms with E-state index in [1.807, 2.05) is 0 Å². The summed E-state index contributed by atoms with van der Waals surface area (Å²) in [6.45, 7) is 22.8. The van der Waals surface area contributed by atoms with Crippen LogP contribution in [0, 0.1) is 24.7 Å². The van der Waals surface area contributed by atoms with Gasteiger partial charge in [0.1, 0.15) is 0 Å². The van der Waals surface area contributed by atoms with E-state index in [1.54, 1.807) is 0 Å². The van der Waals surface area contributed by atoms with Gasteiger partial charge in [-0.15, -0.1) is 0 Å². The third-order valence-corrected chi connectivity index (χ3v) is 10.5. The van der Waals surface area contributed by atoms with E-state index >= 15 is 0 Å². The van der Waals surface area contributed by atoms with Gasteiger partial charge < -0.3 is 14.7 Å². The number of rotatable bonds is 10. The summed E-state index contributed by atoms with van der Waals surface area (Å²) in [5.41, 5.74) is 12.7. The van der Waals surface area contributed by atoms with Gasteiger partial charge in [0.2, 0.25) is 0 Å². The third kappa shape index (κ3) is 5.59. The smallest absolute Gasteiger partial charge is 0.166 e. The minimum atomic E-state index is -0.677. The molecule has 3 aliphatic rings. The molecule has 1 N–H and O–H groups in total. The molecule has 3 unspecified atom stereocenters. The lowest BCUT2D eigenvalue weighted by atomic mass is 9.80. The van der Waals surface area contributed by atoms with Crippen LogP contribution < -0.4 is 4.90 Å². The molecule has 45 heavy (non-hydrogen) atoms. The first-order valence-corrected chi connectivity index (χ1v) is 17.5. The zero-order chi connectivity index (χ0) is 32.4. The van der Waals surface area contributed by atoms with Gasteiger partial charge in [0, 0.05) is 22.2 Å². The summed E-state index contributed by atoms with van der Waals surface area (Å²) in [4.78, 5) is 2.60. The molecular formula is C42H55NO2. The number of hydrogen-bond donors (Lipinski definition) is 1. The topological polar surface area (TPSA) is 32.7 Å². The number of aryl methyl sites for hydroxylation is 1. The fourth-order valence-electron chi connectivity index (χ4n) is 8.63. The standard InChI is InChI=1S/C42H55NO2/c1-25(2)17-29-21-39-35-20-28(7)15-16-37(35)42(10,45-31(19-27(5)6)22-30(44)18-26(3)4)43(39)40-24-38-34(23-33(29)40)32-13-11-12-14-36(32)41(38,8)9/h11-16,20-21,23-27,30-31,39,44H,17-19,22H2,1-10H3/t30?,31?,39?,42-/m1/s1. The molecule has 0 fully saturated rings. The summed E-state index contributed by atoms with van der Waals surface area (Å²) in [6, 6.07) is 21.0. The van der Waals surface area contributed by atoms with E-state index in [4.69, 9.17) is 4.74 Å². The van der Waals surface area contributed by atoms with Crippen molar-refractivity contribution in [2.24, 2.45) is 17.8 Å². The van der Waals surface area contributed by atoms with Gasteiger partial charge in [-0.3, -0.25) is 0 Å². The van der Waals surface area contributed by atoms with Crippen LogP contribution in [-0.2, 0) is 15.9 Å². The minimum absolute atomic E-state index is 0.0590. The summed E-state index contributed by atoms with van der Waals surface area (Å²) >= 11 is 0. The molecule has 0 spiro atoms. The number of anilines is 1. The predicted molar refractivity (Wildman–Crippen MR) is 190 cm³/mol. The number of fused-ring (bicyclic) bond motifs is 8.